The molecule has 2 aliphatic rings. The zero-order valence-corrected chi connectivity index (χ0v) is 17.6. The van der Waals surface area contributed by atoms with Crippen LogP contribution in [-0.2, 0) is 6.61 Å². The van der Waals surface area contributed by atoms with Crippen molar-refractivity contribution in [2.24, 2.45) is 0 Å². The van der Waals surface area contributed by atoms with Crippen molar-refractivity contribution in [2.75, 3.05) is 19.6 Å². The van der Waals surface area contributed by atoms with E-state index in [-0.39, 0.29) is 5.91 Å². The van der Waals surface area contributed by atoms with E-state index in [1.165, 1.54) is 0 Å². The molecule has 0 N–H and O–H groups in total. The number of nitriles is 1. The molecule has 2 aromatic carbocycles. The van der Waals surface area contributed by atoms with Gasteiger partial charge in [0.2, 0.25) is 0 Å². The number of rotatable bonds is 7. The fraction of sp³-hybridized carbons (Fsp3) is 0.440. The lowest BCUT2D eigenvalue weighted by atomic mass is 10.0. The Balaban J connectivity index is 1.45. The first kappa shape index (κ1) is 20.4. The molecule has 1 saturated heterocycles. The van der Waals surface area contributed by atoms with Crippen molar-refractivity contribution in [3.63, 3.8) is 0 Å². The number of hydrogen-bond acceptors (Lipinski definition) is 4. The van der Waals surface area contributed by atoms with Crippen LogP contribution in [0.1, 0.15) is 54.1 Å². The van der Waals surface area contributed by atoms with E-state index in [1.54, 1.807) is 12.1 Å². The smallest absolute Gasteiger partial charge is 0.254 e. The molecule has 156 valence electrons. The van der Waals surface area contributed by atoms with E-state index in [9.17, 15) is 10.1 Å². The summed E-state index contributed by atoms with van der Waals surface area (Å²) in [4.78, 5) is 18.1. The average molecular weight is 404 g/mol. The quantitative estimate of drug-likeness (QED) is 0.694. The monoisotopic (exact) mass is 403 g/mol. The van der Waals surface area contributed by atoms with E-state index in [0.29, 0.717) is 30.0 Å². The van der Waals surface area contributed by atoms with Crippen molar-refractivity contribution in [3.05, 3.63) is 65.2 Å². The molecule has 30 heavy (non-hydrogen) atoms. The number of para-hydroxylation sites is 1. The predicted octanol–water partition coefficient (Wildman–Crippen LogP) is 4.23. The zero-order chi connectivity index (χ0) is 20.9. The summed E-state index contributed by atoms with van der Waals surface area (Å²) in [5.41, 5.74) is 2.18. The summed E-state index contributed by atoms with van der Waals surface area (Å²) in [5.74, 6) is 0.714. The van der Waals surface area contributed by atoms with Crippen LogP contribution in [0.15, 0.2) is 48.5 Å². The van der Waals surface area contributed by atoms with E-state index < -0.39 is 0 Å². The summed E-state index contributed by atoms with van der Waals surface area (Å²) in [6.45, 7) is 5.76. The first-order chi connectivity index (χ1) is 14.7. The van der Waals surface area contributed by atoms with Gasteiger partial charge in [0.25, 0.3) is 5.91 Å². The molecule has 0 bridgehead atoms. The van der Waals surface area contributed by atoms with Gasteiger partial charge in [0.05, 0.1) is 5.56 Å². The molecule has 0 aromatic heterocycles. The molecule has 1 amide bonds. The summed E-state index contributed by atoms with van der Waals surface area (Å²) < 4.78 is 5.86. The molecule has 0 spiro atoms. The number of nitrogens with zero attached hydrogens (tertiary/aromatic N) is 3. The maximum atomic E-state index is 13.4. The molecule has 1 heterocycles. The number of hydrogen-bond donors (Lipinski definition) is 0. The summed E-state index contributed by atoms with van der Waals surface area (Å²) in [5, 5.41) is 9.22. The van der Waals surface area contributed by atoms with Crippen LogP contribution in [0.25, 0.3) is 0 Å². The fourth-order valence-electron chi connectivity index (χ4n) is 4.29. The fourth-order valence-corrected chi connectivity index (χ4v) is 4.29. The highest BCUT2D eigenvalue weighted by Crippen LogP contribution is 2.33. The second-order valence-corrected chi connectivity index (χ2v) is 8.21. The molecule has 4 rings (SSSR count). The first-order valence-electron chi connectivity index (χ1n) is 11.0. The van der Waals surface area contributed by atoms with Gasteiger partial charge in [-0.1, -0.05) is 31.2 Å². The highest BCUT2D eigenvalue weighted by Gasteiger charge is 2.38. The highest BCUT2D eigenvalue weighted by molar-refractivity contribution is 5.95. The van der Waals surface area contributed by atoms with Gasteiger partial charge in [-0.25, -0.2) is 0 Å². The lowest BCUT2D eigenvalue weighted by Gasteiger charge is -2.38. The Bertz CT molecular complexity index is 924. The third-order valence-electron chi connectivity index (χ3n) is 6.15. The molecular formula is C25H29N3O2. The first-order valence-corrected chi connectivity index (χ1v) is 11.0. The molecule has 5 heteroatoms. The van der Waals surface area contributed by atoms with Crippen LogP contribution in [0.3, 0.4) is 0 Å². The Morgan fingerprint density at radius 1 is 1.10 bits per heavy atom. The Morgan fingerprint density at radius 2 is 1.83 bits per heavy atom. The maximum absolute atomic E-state index is 13.4. The molecule has 0 atom stereocenters. The molecule has 0 unspecified atom stereocenters. The summed E-state index contributed by atoms with van der Waals surface area (Å²) in [7, 11) is 0. The Hall–Kier alpha value is -2.84. The number of carbonyl (C=O) groups excluding carboxylic acids is 1. The van der Waals surface area contributed by atoms with Gasteiger partial charge in [-0.05, 0) is 62.1 Å². The average Bonchev–Trinajstić information content (AvgIpc) is 3.63. The Morgan fingerprint density at radius 3 is 2.53 bits per heavy atom. The third kappa shape index (κ3) is 4.66. The third-order valence-corrected chi connectivity index (χ3v) is 6.15. The molecule has 0 radical (unpaired) electrons. The molecule has 5 nitrogen and oxygen atoms in total. The topological polar surface area (TPSA) is 56.6 Å². The van der Waals surface area contributed by atoms with Crippen molar-refractivity contribution in [2.45, 2.75) is 51.3 Å². The van der Waals surface area contributed by atoms with Gasteiger partial charge < -0.3 is 14.5 Å². The standard InChI is InChI=1S/C25H29N3O2/c1-2-27-14-12-23(13-15-27)28(22-10-11-22)25(29)20-8-5-6-19(16-20)18-30-24-9-4-3-7-21(24)17-26/h3-9,16,22-23H,2,10-15,18H2,1H3. The SMILES string of the molecule is CCN1CCC(N(C(=O)c2cccc(COc3ccccc3C#N)c2)C2CC2)CC1. The van der Waals surface area contributed by atoms with Gasteiger partial charge in [-0.3, -0.25) is 4.79 Å². The minimum Gasteiger partial charge on any atom is -0.488 e. The zero-order valence-electron chi connectivity index (χ0n) is 17.6. The van der Waals surface area contributed by atoms with Crippen LogP contribution in [0.5, 0.6) is 5.75 Å². The molecule has 1 saturated carbocycles. The lowest BCUT2D eigenvalue weighted by Crippen LogP contribution is -2.48. The summed E-state index contributed by atoms with van der Waals surface area (Å²) in [6, 6.07) is 17.8. The van der Waals surface area contributed by atoms with Gasteiger partial charge in [0.1, 0.15) is 18.4 Å². The van der Waals surface area contributed by atoms with Crippen LogP contribution in [0, 0.1) is 11.3 Å². The van der Waals surface area contributed by atoms with E-state index in [1.807, 2.05) is 36.4 Å². The normalized spacial score (nSPS) is 17.3. The number of likely N-dealkylation sites (tertiary alicyclic amines) is 1. The second-order valence-electron chi connectivity index (χ2n) is 8.21. The molecule has 1 aliphatic heterocycles. The number of ether oxygens (including phenoxy) is 1. The Kier molecular flexibility index (Phi) is 6.35. The Labute approximate surface area is 178 Å². The van der Waals surface area contributed by atoms with E-state index in [4.69, 9.17) is 4.74 Å². The van der Waals surface area contributed by atoms with Crippen molar-refractivity contribution in [1.82, 2.24) is 9.80 Å². The van der Waals surface area contributed by atoms with Gasteiger partial charge in [0.15, 0.2) is 0 Å². The summed E-state index contributed by atoms with van der Waals surface area (Å²) in [6.07, 6.45) is 4.36. The largest absolute Gasteiger partial charge is 0.488 e. The van der Waals surface area contributed by atoms with Crippen LogP contribution in [0.2, 0.25) is 0 Å². The number of carbonyl (C=O) groups is 1. The molecule has 1 aliphatic carbocycles. The van der Waals surface area contributed by atoms with Crippen LogP contribution >= 0.6 is 0 Å². The van der Waals surface area contributed by atoms with E-state index >= 15 is 0 Å². The van der Waals surface area contributed by atoms with Crippen LogP contribution in [-0.4, -0.2) is 47.4 Å². The molecule has 2 fully saturated rings. The molecular weight excluding hydrogens is 374 g/mol. The van der Waals surface area contributed by atoms with E-state index in [2.05, 4.69) is 22.8 Å². The summed E-state index contributed by atoms with van der Waals surface area (Å²) >= 11 is 0. The van der Waals surface area contributed by atoms with Crippen LogP contribution in [0.4, 0.5) is 0 Å². The van der Waals surface area contributed by atoms with Gasteiger partial charge in [-0.15, -0.1) is 0 Å². The van der Waals surface area contributed by atoms with Gasteiger partial charge >= 0.3 is 0 Å². The van der Waals surface area contributed by atoms with Crippen molar-refractivity contribution < 1.29 is 9.53 Å². The number of amides is 1. The van der Waals surface area contributed by atoms with E-state index in [0.717, 1.165) is 56.4 Å². The minimum absolute atomic E-state index is 0.145. The van der Waals surface area contributed by atoms with Crippen molar-refractivity contribution in [1.29, 1.82) is 5.26 Å². The second kappa shape index (κ2) is 9.32. The number of benzene rings is 2. The van der Waals surface area contributed by atoms with Crippen LogP contribution < -0.4 is 4.74 Å². The maximum Gasteiger partial charge on any atom is 0.254 e. The predicted molar refractivity (Wildman–Crippen MR) is 116 cm³/mol. The lowest BCUT2D eigenvalue weighted by molar-refractivity contribution is 0.0554. The molecule has 2 aromatic rings. The van der Waals surface area contributed by atoms with Crippen molar-refractivity contribution >= 4 is 5.91 Å². The van der Waals surface area contributed by atoms with Gasteiger partial charge in [-0.2, -0.15) is 5.26 Å². The highest BCUT2D eigenvalue weighted by atomic mass is 16.5. The number of piperidine rings is 1. The minimum atomic E-state index is 0.145. The van der Waals surface area contributed by atoms with Gasteiger partial charge in [0, 0.05) is 30.7 Å². The van der Waals surface area contributed by atoms with Crippen molar-refractivity contribution in [3.8, 4) is 11.8 Å².